The Kier molecular flexibility index (Phi) is 3.60. The quantitative estimate of drug-likeness (QED) is 0.836. The van der Waals surface area contributed by atoms with Gasteiger partial charge in [-0.3, -0.25) is 0 Å². The molecule has 16 heavy (non-hydrogen) atoms. The molecule has 0 aromatic heterocycles. The molecule has 0 spiro atoms. The van der Waals surface area contributed by atoms with Crippen molar-refractivity contribution in [3.8, 4) is 5.75 Å². The number of primary amides is 1. The van der Waals surface area contributed by atoms with Crippen molar-refractivity contribution >= 4 is 6.03 Å². The fraction of sp³-hybridized carbons (Fsp3) is 0.222. The van der Waals surface area contributed by atoms with Gasteiger partial charge in [0.25, 0.3) is 0 Å². The third kappa shape index (κ3) is 4.54. The molecule has 4 nitrogen and oxygen atoms in total. The van der Waals surface area contributed by atoms with Crippen LogP contribution >= 0.6 is 0 Å². The molecule has 88 valence electrons. The molecule has 0 atom stereocenters. The number of benzene rings is 1. The summed E-state index contributed by atoms with van der Waals surface area (Å²) in [7, 11) is 0. The SMILES string of the molecule is NC(=O)NCc1ccc(OC(F)(F)F)cc1. The van der Waals surface area contributed by atoms with Crippen LogP contribution in [0.2, 0.25) is 0 Å². The van der Waals surface area contributed by atoms with Gasteiger partial charge in [-0.05, 0) is 17.7 Å². The molecule has 0 bridgehead atoms. The number of carbonyl (C=O) groups is 1. The number of carbonyl (C=O) groups excluding carboxylic acids is 1. The number of hydrogen-bond donors (Lipinski definition) is 2. The first-order valence-corrected chi connectivity index (χ1v) is 4.25. The average Bonchev–Trinajstić information content (AvgIpc) is 2.14. The predicted molar refractivity (Wildman–Crippen MR) is 49.5 cm³/mol. The standard InChI is InChI=1S/C9H9F3N2O2/c10-9(11,12)16-7-3-1-6(2-4-7)5-14-8(13)15/h1-4H,5H2,(H3,13,14,15). The number of alkyl halides is 3. The molecular formula is C9H9F3N2O2. The van der Waals surface area contributed by atoms with Crippen molar-refractivity contribution in [1.29, 1.82) is 0 Å². The van der Waals surface area contributed by atoms with Crippen molar-refractivity contribution < 1.29 is 22.7 Å². The van der Waals surface area contributed by atoms with E-state index in [1.165, 1.54) is 12.1 Å². The van der Waals surface area contributed by atoms with E-state index in [0.29, 0.717) is 5.56 Å². The summed E-state index contributed by atoms with van der Waals surface area (Å²) >= 11 is 0. The zero-order chi connectivity index (χ0) is 12.2. The summed E-state index contributed by atoms with van der Waals surface area (Å²) in [6.45, 7) is 0.154. The van der Waals surface area contributed by atoms with Gasteiger partial charge in [-0.15, -0.1) is 13.2 Å². The van der Waals surface area contributed by atoms with Gasteiger partial charge in [0.15, 0.2) is 0 Å². The van der Waals surface area contributed by atoms with Gasteiger partial charge >= 0.3 is 12.4 Å². The monoisotopic (exact) mass is 234 g/mol. The first kappa shape index (κ1) is 12.2. The summed E-state index contributed by atoms with van der Waals surface area (Å²) in [4.78, 5) is 10.4. The second kappa shape index (κ2) is 4.73. The zero-order valence-electron chi connectivity index (χ0n) is 8.04. The second-order valence-corrected chi connectivity index (χ2v) is 2.91. The van der Waals surface area contributed by atoms with Gasteiger partial charge in [0, 0.05) is 6.54 Å². The first-order valence-electron chi connectivity index (χ1n) is 4.25. The van der Waals surface area contributed by atoms with Crippen LogP contribution in [0.15, 0.2) is 24.3 Å². The number of halogens is 3. The number of amides is 2. The molecule has 0 radical (unpaired) electrons. The topological polar surface area (TPSA) is 64.4 Å². The van der Waals surface area contributed by atoms with Crippen LogP contribution in [0.5, 0.6) is 5.75 Å². The molecule has 0 aliphatic carbocycles. The van der Waals surface area contributed by atoms with E-state index in [0.717, 1.165) is 12.1 Å². The largest absolute Gasteiger partial charge is 0.573 e. The van der Waals surface area contributed by atoms with Crippen molar-refractivity contribution in [3.05, 3.63) is 29.8 Å². The van der Waals surface area contributed by atoms with Crippen LogP contribution in [0, 0.1) is 0 Å². The Morgan fingerprint density at radius 2 is 1.88 bits per heavy atom. The highest BCUT2D eigenvalue weighted by Crippen LogP contribution is 2.22. The lowest BCUT2D eigenvalue weighted by molar-refractivity contribution is -0.274. The number of urea groups is 1. The van der Waals surface area contributed by atoms with Crippen molar-refractivity contribution in [2.75, 3.05) is 0 Å². The summed E-state index contributed by atoms with van der Waals surface area (Å²) in [5.74, 6) is -0.310. The minimum absolute atomic E-state index is 0.154. The van der Waals surface area contributed by atoms with E-state index in [2.05, 4.69) is 10.1 Å². The van der Waals surface area contributed by atoms with E-state index >= 15 is 0 Å². The van der Waals surface area contributed by atoms with Gasteiger partial charge in [-0.25, -0.2) is 4.79 Å². The van der Waals surface area contributed by atoms with Crippen LogP contribution < -0.4 is 15.8 Å². The molecule has 0 heterocycles. The Morgan fingerprint density at radius 3 is 2.31 bits per heavy atom. The summed E-state index contributed by atoms with van der Waals surface area (Å²) in [6, 6.07) is 4.42. The number of hydrogen-bond acceptors (Lipinski definition) is 2. The average molecular weight is 234 g/mol. The molecule has 0 saturated heterocycles. The molecule has 0 saturated carbocycles. The predicted octanol–water partition coefficient (Wildman–Crippen LogP) is 1.75. The van der Waals surface area contributed by atoms with Crippen molar-refractivity contribution in [2.24, 2.45) is 5.73 Å². The third-order valence-electron chi connectivity index (χ3n) is 1.62. The van der Waals surface area contributed by atoms with E-state index in [9.17, 15) is 18.0 Å². The van der Waals surface area contributed by atoms with Crippen molar-refractivity contribution in [2.45, 2.75) is 12.9 Å². The van der Waals surface area contributed by atoms with Gasteiger partial charge in [0.1, 0.15) is 5.75 Å². The molecule has 0 fully saturated rings. The lowest BCUT2D eigenvalue weighted by Gasteiger charge is -2.09. The maximum absolute atomic E-state index is 11.8. The minimum Gasteiger partial charge on any atom is -0.406 e. The van der Waals surface area contributed by atoms with Crippen LogP contribution in [-0.4, -0.2) is 12.4 Å². The lowest BCUT2D eigenvalue weighted by atomic mass is 10.2. The summed E-state index contributed by atoms with van der Waals surface area (Å²) in [6.07, 6.45) is -4.70. The molecule has 1 aromatic rings. The van der Waals surface area contributed by atoms with Gasteiger partial charge in [-0.2, -0.15) is 0 Å². The van der Waals surface area contributed by atoms with Crippen molar-refractivity contribution in [3.63, 3.8) is 0 Å². The van der Waals surface area contributed by atoms with Crippen LogP contribution in [0.1, 0.15) is 5.56 Å². The summed E-state index contributed by atoms with van der Waals surface area (Å²) in [5, 5.41) is 2.31. The minimum atomic E-state index is -4.70. The fourth-order valence-electron chi connectivity index (χ4n) is 0.998. The molecule has 0 aliphatic rings. The highest BCUT2D eigenvalue weighted by molar-refractivity contribution is 5.71. The van der Waals surface area contributed by atoms with Gasteiger partial charge in [-0.1, -0.05) is 12.1 Å². The van der Waals surface area contributed by atoms with Crippen LogP contribution in [0.4, 0.5) is 18.0 Å². The van der Waals surface area contributed by atoms with Crippen molar-refractivity contribution in [1.82, 2.24) is 5.32 Å². The van der Waals surface area contributed by atoms with Gasteiger partial charge < -0.3 is 15.8 Å². The maximum Gasteiger partial charge on any atom is 0.573 e. The molecule has 0 aliphatic heterocycles. The molecule has 0 unspecified atom stereocenters. The number of nitrogens with one attached hydrogen (secondary N) is 1. The normalized spacial score (nSPS) is 10.9. The lowest BCUT2D eigenvalue weighted by Crippen LogP contribution is -2.28. The molecule has 2 amide bonds. The van der Waals surface area contributed by atoms with Gasteiger partial charge in [0.05, 0.1) is 0 Å². The molecule has 1 aromatic carbocycles. The number of nitrogens with two attached hydrogens (primary N) is 1. The van der Waals surface area contributed by atoms with E-state index in [-0.39, 0.29) is 12.3 Å². The smallest absolute Gasteiger partial charge is 0.406 e. The van der Waals surface area contributed by atoms with Crippen LogP contribution in [0.3, 0.4) is 0 Å². The Balaban J connectivity index is 2.57. The first-order chi connectivity index (χ1) is 7.37. The van der Waals surface area contributed by atoms with E-state index in [1.54, 1.807) is 0 Å². The molecule has 3 N–H and O–H groups in total. The number of rotatable bonds is 3. The number of ether oxygens (including phenoxy) is 1. The Bertz CT molecular complexity index is 362. The fourth-order valence-corrected chi connectivity index (χ4v) is 0.998. The summed E-state index contributed by atoms with van der Waals surface area (Å²) < 4.78 is 39.1. The van der Waals surface area contributed by atoms with Crippen LogP contribution in [0.25, 0.3) is 0 Å². The van der Waals surface area contributed by atoms with E-state index in [1.807, 2.05) is 0 Å². The maximum atomic E-state index is 11.8. The third-order valence-corrected chi connectivity index (χ3v) is 1.62. The second-order valence-electron chi connectivity index (χ2n) is 2.91. The Hall–Kier alpha value is -1.92. The Morgan fingerprint density at radius 1 is 1.31 bits per heavy atom. The zero-order valence-corrected chi connectivity index (χ0v) is 8.04. The van der Waals surface area contributed by atoms with Gasteiger partial charge in [0.2, 0.25) is 0 Å². The van der Waals surface area contributed by atoms with E-state index < -0.39 is 12.4 Å². The molecule has 1 rings (SSSR count). The molecule has 7 heteroatoms. The summed E-state index contributed by atoms with van der Waals surface area (Å²) in [5.41, 5.74) is 5.45. The Labute approximate surface area is 89.2 Å². The van der Waals surface area contributed by atoms with Crippen LogP contribution in [-0.2, 0) is 6.54 Å². The highest BCUT2D eigenvalue weighted by Gasteiger charge is 2.30. The highest BCUT2D eigenvalue weighted by atomic mass is 19.4. The molecular weight excluding hydrogens is 225 g/mol. The van der Waals surface area contributed by atoms with E-state index in [4.69, 9.17) is 5.73 Å².